The van der Waals surface area contributed by atoms with Crippen LogP contribution in [0.3, 0.4) is 0 Å². The van der Waals surface area contributed by atoms with Gasteiger partial charge in [-0.3, -0.25) is 5.32 Å². The normalized spacial score (nSPS) is 15.3. The van der Waals surface area contributed by atoms with Gasteiger partial charge in [0.15, 0.2) is 0 Å². The smallest absolute Gasteiger partial charge is 0.302 e. The Morgan fingerprint density at radius 3 is 2.10 bits per heavy atom. The molecule has 2 atom stereocenters. The van der Waals surface area contributed by atoms with Crippen LogP contribution in [0.4, 0.5) is 13.2 Å². The Hall–Kier alpha value is -1.07. The summed E-state index contributed by atoms with van der Waals surface area (Å²) < 4.78 is 39.6. The molecule has 2 nitrogen and oxygen atoms in total. The predicted octanol–water partition coefficient (Wildman–Crippen LogP) is 3.61. The number of alkyl halides is 3. The molecule has 0 saturated carbocycles. The summed E-state index contributed by atoms with van der Waals surface area (Å²) in [6.07, 6.45) is -4.29. The first kappa shape index (κ1) is 17.0. The van der Waals surface area contributed by atoms with Crippen molar-refractivity contribution in [2.75, 3.05) is 19.6 Å². The molecule has 1 rings (SSSR count). The lowest BCUT2D eigenvalue weighted by Crippen LogP contribution is -2.45. The number of nitrogens with one attached hydrogen (secondary N) is 1. The molecule has 1 N–H and O–H groups in total. The summed E-state index contributed by atoms with van der Waals surface area (Å²) in [5, 5.41) is 2.71. The minimum atomic E-state index is -4.29. The lowest BCUT2D eigenvalue weighted by atomic mass is 10.1. The third-order valence-corrected chi connectivity index (χ3v) is 3.34. The highest BCUT2D eigenvalue weighted by Crippen LogP contribution is 2.32. The number of hydrogen-bond acceptors (Lipinski definition) is 2. The summed E-state index contributed by atoms with van der Waals surface area (Å²) in [6.45, 7) is 8.09. The Morgan fingerprint density at radius 2 is 1.65 bits per heavy atom. The summed E-state index contributed by atoms with van der Waals surface area (Å²) in [6, 6.07) is 6.15. The highest BCUT2D eigenvalue weighted by atomic mass is 19.4. The van der Waals surface area contributed by atoms with Crippen molar-refractivity contribution < 1.29 is 13.2 Å². The van der Waals surface area contributed by atoms with Crippen LogP contribution in [0.25, 0.3) is 0 Å². The molecule has 0 aliphatic rings. The van der Waals surface area contributed by atoms with E-state index in [2.05, 4.69) is 10.2 Å². The van der Waals surface area contributed by atoms with Gasteiger partial charge in [-0.25, -0.2) is 0 Å². The van der Waals surface area contributed by atoms with E-state index in [0.29, 0.717) is 6.54 Å². The van der Waals surface area contributed by atoms with Crippen LogP contribution >= 0.6 is 0 Å². The van der Waals surface area contributed by atoms with Crippen LogP contribution in [0.15, 0.2) is 30.3 Å². The van der Waals surface area contributed by atoms with E-state index in [-0.39, 0.29) is 11.6 Å². The zero-order valence-corrected chi connectivity index (χ0v) is 12.2. The lowest BCUT2D eigenvalue weighted by molar-refractivity contribution is -0.159. The zero-order chi connectivity index (χ0) is 15.2. The topological polar surface area (TPSA) is 15.3 Å². The van der Waals surface area contributed by atoms with Gasteiger partial charge in [0.05, 0.1) is 0 Å². The number of nitrogens with zero attached hydrogens (tertiary/aromatic N) is 1. The first-order valence-electron chi connectivity index (χ1n) is 6.98. The van der Waals surface area contributed by atoms with Crippen LogP contribution in [-0.4, -0.2) is 36.8 Å². The summed E-state index contributed by atoms with van der Waals surface area (Å²) in [7, 11) is 0. The lowest BCUT2D eigenvalue weighted by Gasteiger charge is -2.29. The van der Waals surface area contributed by atoms with Crippen molar-refractivity contribution in [3.63, 3.8) is 0 Å². The fourth-order valence-electron chi connectivity index (χ4n) is 2.23. The van der Waals surface area contributed by atoms with E-state index in [0.717, 1.165) is 13.1 Å². The molecule has 0 bridgehead atoms. The van der Waals surface area contributed by atoms with Gasteiger partial charge in [0.2, 0.25) is 0 Å². The maximum atomic E-state index is 13.2. The number of benzene rings is 1. The zero-order valence-electron chi connectivity index (χ0n) is 12.2. The van der Waals surface area contributed by atoms with Crippen molar-refractivity contribution in [3.05, 3.63) is 35.9 Å². The van der Waals surface area contributed by atoms with Crippen LogP contribution in [0.1, 0.15) is 32.4 Å². The average Bonchev–Trinajstić information content (AvgIpc) is 2.42. The Labute approximate surface area is 119 Å². The largest absolute Gasteiger partial charge is 0.407 e. The molecule has 1 aromatic carbocycles. The molecular weight excluding hydrogens is 265 g/mol. The monoisotopic (exact) mass is 288 g/mol. The molecule has 1 aromatic rings. The summed E-state index contributed by atoms with van der Waals surface area (Å²) in [5.41, 5.74) is 0.256. The van der Waals surface area contributed by atoms with Crippen LogP contribution in [0, 0.1) is 0 Å². The van der Waals surface area contributed by atoms with Crippen molar-refractivity contribution in [1.82, 2.24) is 10.2 Å². The molecule has 0 aliphatic carbocycles. The van der Waals surface area contributed by atoms with Gasteiger partial charge in [0, 0.05) is 12.6 Å². The Bertz CT molecular complexity index is 374. The summed E-state index contributed by atoms with van der Waals surface area (Å²) in [5.74, 6) is 0. The van der Waals surface area contributed by atoms with Crippen molar-refractivity contribution in [1.29, 1.82) is 0 Å². The SMILES string of the molecule is CCN(CC)CC(C)NC(c1ccccc1)C(F)(F)F. The van der Waals surface area contributed by atoms with Crippen LogP contribution in [0.2, 0.25) is 0 Å². The van der Waals surface area contributed by atoms with E-state index in [4.69, 9.17) is 0 Å². The number of rotatable bonds is 7. The van der Waals surface area contributed by atoms with Gasteiger partial charge in [-0.1, -0.05) is 44.2 Å². The highest BCUT2D eigenvalue weighted by molar-refractivity contribution is 5.20. The van der Waals surface area contributed by atoms with E-state index in [1.807, 2.05) is 13.8 Å². The predicted molar refractivity (Wildman–Crippen MR) is 75.6 cm³/mol. The van der Waals surface area contributed by atoms with Gasteiger partial charge < -0.3 is 4.90 Å². The molecule has 0 spiro atoms. The first-order valence-corrected chi connectivity index (χ1v) is 6.98. The fourth-order valence-corrected chi connectivity index (χ4v) is 2.23. The second kappa shape index (κ2) is 7.64. The minimum absolute atomic E-state index is 0.235. The van der Waals surface area contributed by atoms with E-state index in [9.17, 15) is 13.2 Å². The van der Waals surface area contributed by atoms with Gasteiger partial charge in [-0.2, -0.15) is 13.2 Å². The number of hydrogen-bond donors (Lipinski definition) is 1. The number of likely N-dealkylation sites (N-methyl/N-ethyl adjacent to an activating group) is 1. The summed E-state index contributed by atoms with van der Waals surface area (Å²) >= 11 is 0. The maximum absolute atomic E-state index is 13.2. The molecule has 114 valence electrons. The molecule has 0 aromatic heterocycles. The second-order valence-corrected chi connectivity index (χ2v) is 4.94. The molecule has 0 aliphatic heterocycles. The summed E-state index contributed by atoms with van der Waals surface area (Å²) in [4.78, 5) is 2.11. The van der Waals surface area contributed by atoms with Crippen molar-refractivity contribution in [2.45, 2.75) is 39.0 Å². The van der Waals surface area contributed by atoms with Gasteiger partial charge in [-0.15, -0.1) is 0 Å². The first-order chi connectivity index (χ1) is 9.38. The standard InChI is InChI=1S/C15H23F3N2/c1-4-20(5-2)11-12(3)19-14(15(16,17)18)13-9-7-6-8-10-13/h6-10,12,14,19H,4-5,11H2,1-3H3. The number of halogens is 3. The van der Waals surface area contributed by atoms with Crippen LogP contribution < -0.4 is 5.32 Å². The highest BCUT2D eigenvalue weighted by Gasteiger charge is 2.41. The molecule has 20 heavy (non-hydrogen) atoms. The van der Waals surface area contributed by atoms with Gasteiger partial charge in [0.1, 0.15) is 6.04 Å². The van der Waals surface area contributed by atoms with Crippen LogP contribution in [0.5, 0.6) is 0 Å². The molecule has 0 radical (unpaired) electrons. The second-order valence-electron chi connectivity index (χ2n) is 4.94. The molecule has 0 heterocycles. The van der Waals surface area contributed by atoms with Gasteiger partial charge in [-0.05, 0) is 25.6 Å². The van der Waals surface area contributed by atoms with E-state index < -0.39 is 12.2 Å². The quantitative estimate of drug-likeness (QED) is 0.824. The average molecular weight is 288 g/mol. The van der Waals surface area contributed by atoms with Gasteiger partial charge >= 0.3 is 6.18 Å². The molecular formula is C15H23F3N2. The van der Waals surface area contributed by atoms with E-state index >= 15 is 0 Å². The molecule has 0 saturated heterocycles. The van der Waals surface area contributed by atoms with E-state index in [1.54, 1.807) is 25.1 Å². The van der Waals surface area contributed by atoms with Crippen LogP contribution in [-0.2, 0) is 0 Å². The molecule has 5 heteroatoms. The van der Waals surface area contributed by atoms with E-state index in [1.165, 1.54) is 12.1 Å². The minimum Gasteiger partial charge on any atom is -0.302 e. The van der Waals surface area contributed by atoms with Crippen molar-refractivity contribution in [2.24, 2.45) is 0 Å². The van der Waals surface area contributed by atoms with Crippen molar-refractivity contribution in [3.8, 4) is 0 Å². The van der Waals surface area contributed by atoms with Gasteiger partial charge in [0.25, 0.3) is 0 Å². The molecule has 2 unspecified atom stereocenters. The Balaban J connectivity index is 2.77. The third-order valence-electron chi connectivity index (χ3n) is 3.34. The third kappa shape index (κ3) is 5.13. The maximum Gasteiger partial charge on any atom is 0.407 e. The molecule has 0 amide bonds. The Kier molecular flexibility index (Phi) is 6.49. The fraction of sp³-hybridized carbons (Fsp3) is 0.600. The van der Waals surface area contributed by atoms with Crippen molar-refractivity contribution >= 4 is 0 Å². The Morgan fingerprint density at radius 1 is 1.10 bits per heavy atom. The molecule has 0 fully saturated rings.